The number of aliphatic hydroxyl groups is 3. The fourth-order valence-electron chi connectivity index (χ4n) is 8.08. The normalized spacial score (nSPS) is 13.6. The third kappa shape index (κ3) is 42.8. The third-order valence-corrected chi connectivity index (χ3v) is 12.1. The van der Waals surface area contributed by atoms with E-state index in [0.717, 1.165) is 44.9 Å². The lowest BCUT2D eigenvalue weighted by Gasteiger charge is -2.26. The highest BCUT2D eigenvalue weighted by molar-refractivity contribution is 5.76. The molecule has 0 saturated carbocycles. The first-order chi connectivity index (χ1) is 28.1. The minimum atomic E-state index is -1.13. The Bertz CT molecular complexity index is 844. The lowest BCUT2D eigenvalue weighted by molar-refractivity contribution is -0.124. The van der Waals surface area contributed by atoms with Crippen molar-refractivity contribution in [3.05, 3.63) is 24.3 Å². The number of hydrogen-bond acceptors (Lipinski definition) is 4. The van der Waals surface area contributed by atoms with Gasteiger partial charge in [-0.25, -0.2) is 0 Å². The van der Waals surface area contributed by atoms with E-state index in [1.54, 1.807) is 0 Å². The minimum absolute atomic E-state index is 0.144. The zero-order chi connectivity index (χ0) is 41.5. The lowest BCUT2D eigenvalue weighted by atomic mass is 9.99. The van der Waals surface area contributed by atoms with E-state index in [1.165, 1.54) is 205 Å². The zero-order valence-corrected chi connectivity index (χ0v) is 38.5. The first-order valence-corrected chi connectivity index (χ1v) is 25.6. The number of carbonyl (C=O) groups is 1. The van der Waals surface area contributed by atoms with Gasteiger partial charge in [0.25, 0.3) is 0 Å². The predicted molar refractivity (Wildman–Crippen MR) is 250 cm³/mol. The molecule has 0 aliphatic carbocycles. The summed E-state index contributed by atoms with van der Waals surface area (Å²) < 4.78 is 0. The van der Waals surface area contributed by atoms with Gasteiger partial charge in [0, 0.05) is 6.42 Å². The van der Waals surface area contributed by atoms with E-state index in [9.17, 15) is 20.1 Å². The average Bonchev–Trinajstić information content (AvgIpc) is 3.22. The van der Waals surface area contributed by atoms with E-state index in [2.05, 4.69) is 43.5 Å². The Hall–Kier alpha value is -1.17. The lowest BCUT2D eigenvalue weighted by Crippen LogP contribution is -2.50. The van der Waals surface area contributed by atoms with Gasteiger partial charge in [-0.1, -0.05) is 250 Å². The van der Waals surface area contributed by atoms with Crippen LogP contribution in [0.1, 0.15) is 277 Å². The van der Waals surface area contributed by atoms with Crippen molar-refractivity contribution in [1.29, 1.82) is 0 Å². The largest absolute Gasteiger partial charge is 0.394 e. The van der Waals surface area contributed by atoms with E-state index in [1.807, 2.05) is 0 Å². The van der Waals surface area contributed by atoms with Crippen LogP contribution in [0, 0.1) is 0 Å². The van der Waals surface area contributed by atoms with Crippen molar-refractivity contribution in [3.63, 3.8) is 0 Å². The maximum absolute atomic E-state index is 12.4. The molecule has 338 valence electrons. The molecule has 0 aliphatic rings. The van der Waals surface area contributed by atoms with Crippen LogP contribution in [0.4, 0.5) is 0 Å². The highest BCUT2D eigenvalue weighted by Crippen LogP contribution is 2.17. The second-order valence-electron chi connectivity index (χ2n) is 17.7. The molecule has 0 radical (unpaired) electrons. The Morgan fingerprint density at radius 3 is 1.11 bits per heavy atom. The summed E-state index contributed by atoms with van der Waals surface area (Å²) in [4.78, 5) is 12.4. The second-order valence-corrected chi connectivity index (χ2v) is 17.7. The van der Waals surface area contributed by atoms with Crippen molar-refractivity contribution in [2.24, 2.45) is 0 Å². The number of aliphatic hydroxyl groups excluding tert-OH is 3. The fourth-order valence-corrected chi connectivity index (χ4v) is 8.08. The van der Waals surface area contributed by atoms with Crippen molar-refractivity contribution in [2.45, 2.75) is 295 Å². The van der Waals surface area contributed by atoms with Crippen LogP contribution in [0.5, 0.6) is 0 Å². The smallest absolute Gasteiger partial charge is 0.220 e. The topological polar surface area (TPSA) is 89.8 Å². The first kappa shape index (κ1) is 55.8. The predicted octanol–water partition coefficient (Wildman–Crippen LogP) is 15.3. The Balaban J connectivity index is 3.43. The van der Waals surface area contributed by atoms with Gasteiger partial charge in [-0.2, -0.15) is 0 Å². The van der Waals surface area contributed by atoms with Crippen LogP contribution < -0.4 is 5.32 Å². The van der Waals surface area contributed by atoms with Crippen LogP contribution in [0.2, 0.25) is 0 Å². The Morgan fingerprint density at radius 2 is 0.754 bits per heavy atom. The highest BCUT2D eigenvalue weighted by Gasteiger charge is 2.26. The third-order valence-electron chi connectivity index (χ3n) is 12.1. The van der Waals surface area contributed by atoms with E-state index in [4.69, 9.17) is 0 Å². The molecular formula is C52H101NO4. The minimum Gasteiger partial charge on any atom is -0.394 e. The highest BCUT2D eigenvalue weighted by atomic mass is 16.3. The Labute approximate surface area is 356 Å². The molecule has 0 saturated heterocycles. The zero-order valence-electron chi connectivity index (χ0n) is 38.5. The maximum Gasteiger partial charge on any atom is 0.220 e. The van der Waals surface area contributed by atoms with Gasteiger partial charge in [-0.15, -0.1) is 0 Å². The summed E-state index contributed by atoms with van der Waals surface area (Å²) >= 11 is 0. The molecule has 0 aliphatic heterocycles. The van der Waals surface area contributed by atoms with Gasteiger partial charge in [0.2, 0.25) is 5.91 Å². The summed E-state index contributed by atoms with van der Waals surface area (Å²) in [5.74, 6) is -0.144. The quantitative estimate of drug-likeness (QED) is 0.0364. The number of hydrogen-bond donors (Lipinski definition) is 4. The number of nitrogens with one attached hydrogen (secondary N) is 1. The van der Waals surface area contributed by atoms with Crippen LogP contribution in [-0.4, -0.2) is 46.1 Å². The van der Waals surface area contributed by atoms with Crippen LogP contribution in [0.15, 0.2) is 24.3 Å². The summed E-state index contributed by atoms with van der Waals surface area (Å²) in [7, 11) is 0. The van der Waals surface area contributed by atoms with Gasteiger partial charge in [0.15, 0.2) is 0 Å². The van der Waals surface area contributed by atoms with Crippen LogP contribution in [0.3, 0.4) is 0 Å². The SMILES string of the molecule is CCCCCCCCCCCCC/C=C\C/C=C\CCCCCCCCCCCCCCCCCCCC(=O)NC(CO)C(O)C(O)CCCCCCCCCC. The fraction of sp³-hybridized carbons (Fsp3) is 0.904. The molecule has 57 heavy (non-hydrogen) atoms. The molecule has 3 unspecified atom stereocenters. The monoisotopic (exact) mass is 804 g/mol. The number of rotatable bonds is 47. The molecule has 1 amide bonds. The molecule has 0 aromatic heterocycles. The molecule has 0 aromatic carbocycles. The molecule has 0 heterocycles. The molecule has 0 spiro atoms. The molecule has 5 nitrogen and oxygen atoms in total. The number of unbranched alkanes of at least 4 members (excludes halogenated alkanes) is 35. The van der Waals surface area contributed by atoms with E-state index in [-0.39, 0.29) is 12.5 Å². The summed E-state index contributed by atoms with van der Waals surface area (Å²) in [6.07, 6.45) is 59.2. The summed E-state index contributed by atoms with van der Waals surface area (Å²) in [6, 6.07) is -0.805. The van der Waals surface area contributed by atoms with E-state index < -0.39 is 18.2 Å². The van der Waals surface area contributed by atoms with Crippen molar-refractivity contribution in [1.82, 2.24) is 5.32 Å². The van der Waals surface area contributed by atoms with Crippen molar-refractivity contribution in [3.8, 4) is 0 Å². The van der Waals surface area contributed by atoms with E-state index >= 15 is 0 Å². The van der Waals surface area contributed by atoms with Crippen LogP contribution in [-0.2, 0) is 4.79 Å². The van der Waals surface area contributed by atoms with Gasteiger partial charge < -0.3 is 20.6 Å². The van der Waals surface area contributed by atoms with E-state index in [0.29, 0.717) is 12.8 Å². The maximum atomic E-state index is 12.4. The number of carbonyl (C=O) groups excluding carboxylic acids is 1. The van der Waals surface area contributed by atoms with Gasteiger partial charge in [0.05, 0.1) is 18.8 Å². The van der Waals surface area contributed by atoms with Gasteiger partial charge in [0.1, 0.15) is 6.10 Å². The molecule has 0 rings (SSSR count). The number of allylic oxidation sites excluding steroid dienone is 4. The molecule has 3 atom stereocenters. The molecule has 0 bridgehead atoms. The Morgan fingerprint density at radius 1 is 0.439 bits per heavy atom. The van der Waals surface area contributed by atoms with Crippen LogP contribution >= 0.6 is 0 Å². The number of amides is 1. The summed E-state index contributed by atoms with van der Waals surface area (Å²) in [5.41, 5.74) is 0. The van der Waals surface area contributed by atoms with Gasteiger partial charge >= 0.3 is 0 Å². The molecule has 0 fully saturated rings. The molecular weight excluding hydrogens is 703 g/mol. The summed E-state index contributed by atoms with van der Waals surface area (Å²) in [6.45, 7) is 4.15. The van der Waals surface area contributed by atoms with Gasteiger partial charge in [-0.05, 0) is 44.9 Å². The first-order valence-electron chi connectivity index (χ1n) is 25.6. The molecule has 0 aromatic rings. The Kier molecular flexibility index (Phi) is 46.5. The van der Waals surface area contributed by atoms with Crippen molar-refractivity contribution >= 4 is 5.91 Å². The van der Waals surface area contributed by atoms with Crippen molar-refractivity contribution in [2.75, 3.05) is 6.61 Å². The van der Waals surface area contributed by atoms with Gasteiger partial charge in [-0.3, -0.25) is 4.79 Å². The molecule has 4 N–H and O–H groups in total. The standard InChI is InChI=1S/C52H101NO4/c1-3-5-7-9-11-13-14-15-16-17-18-19-20-21-22-23-24-25-26-27-28-29-30-31-32-33-34-35-36-37-38-39-41-43-45-47-51(56)53-49(48-54)52(57)50(55)46-44-42-40-12-10-8-6-4-2/h20-21,23-24,49-50,52,54-55,57H,3-19,22,25-48H2,1-2H3,(H,53,56)/b21-20-,24-23-. The van der Waals surface area contributed by atoms with Crippen LogP contribution in [0.25, 0.3) is 0 Å². The summed E-state index contributed by atoms with van der Waals surface area (Å²) in [5, 5.41) is 33.4. The van der Waals surface area contributed by atoms with Crippen molar-refractivity contribution < 1.29 is 20.1 Å². The average molecular weight is 804 g/mol. The second kappa shape index (κ2) is 47.5. The molecule has 5 heteroatoms.